The van der Waals surface area contributed by atoms with E-state index < -0.39 is 0 Å². The van der Waals surface area contributed by atoms with Crippen LogP contribution in [0, 0.1) is 12.8 Å². The highest BCUT2D eigenvalue weighted by Crippen LogP contribution is 2.36. The van der Waals surface area contributed by atoms with Gasteiger partial charge in [-0.15, -0.1) is 0 Å². The molecule has 2 aliphatic rings. The zero-order valence-corrected chi connectivity index (χ0v) is 22.7. The molecule has 0 aliphatic heterocycles. The van der Waals surface area contributed by atoms with Gasteiger partial charge < -0.3 is 21.4 Å². The summed E-state index contributed by atoms with van der Waals surface area (Å²) < 4.78 is 2.46. The highest BCUT2D eigenvalue weighted by Gasteiger charge is 2.27. The van der Waals surface area contributed by atoms with Crippen molar-refractivity contribution >= 4 is 22.8 Å². The van der Waals surface area contributed by atoms with Gasteiger partial charge in [0.05, 0.1) is 6.04 Å². The number of carbonyl (C=O) groups is 1. The van der Waals surface area contributed by atoms with Crippen LogP contribution in [-0.2, 0) is 11.3 Å². The maximum atomic E-state index is 13.5. The van der Waals surface area contributed by atoms with E-state index in [1.54, 1.807) is 0 Å². The first-order valence-electron chi connectivity index (χ1n) is 14.5. The topological polar surface area (TPSA) is 98.4 Å². The average molecular weight is 514 g/mol. The summed E-state index contributed by atoms with van der Waals surface area (Å²) in [5, 5.41) is 4.61. The van der Waals surface area contributed by atoms with Crippen molar-refractivity contribution in [2.45, 2.75) is 95.7 Å². The first kappa shape index (κ1) is 26.3. The Morgan fingerprint density at radius 2 is 1.76 bits per heavy atom. The zero-order valence-electron chi connectivity index (χ0n) is 22.7. The number of para-hydroxylation sites is 1. The second kappa shape index (κ2) is 12.1. The van der Waals surface area contributed by atoms with Crippen LogP contribution in [0.15, 0.2) is 59.7 Å². The molecule has 1 amide bonds. The number of hydrogen-bond acceptors (Lipinski definition) is 2. The largest absolute Gasteiger partial charge is 0.370 e. The molecular formula is C32H43N5O. The third kappa shape index (κ3) is 6.40. The van der Waals surface area contributed by atoms with E-state index in [0.29, 0.717) is 6.42 Å². The van der Waals surface area contributed by atoms with Gasteiger partial charge in [-0.2, -0.15) is 0 Å². The normalized spacial score (nSPS) is 21.2. The first-order chi connectivity index (χ1) is 18.5. The van der Waals surface area contributed by atoms with Gasteiger partial charge in [-0.1, -0.05) is 67.3 Å². The Kier molecular flexibility index (Phi) is 8.35. The highest BCUT2D eigenvalue weighted by atomic mass is 16.1. The van der Waals surface area contributed by atoms with Crippen LogP contribution >= 0.6 is 0 Å². The van der Waals surface area contributed by atoms with Gasteiger partial charge in [0.25, 0.3) is 0 Å². The molecule has 3 aromatic rings. The van der Waals surface area contributed by atoms with Gasteiger partial charge in [0.1, 0.15) is 0 Å². The van der Waals surface area contributed by atoms with Gasteiger partial charge in [-0.25, -0.2) is 0 Å². The monoisotopic (exact) mass is 513 g/mol. The molecule has 0 saturated heterocycles. The van der Waals surface area contributed by atoms with Crippen LogP contribution in [0.1, 0.15) is 86.8 Å². The van der Waals surface area contributed by atoms with E-state index in [9.17, 15) is 4.79 Å². The molecule has 1 atom stereocenters. The third-order valence-corrected chi connectivity index (χ3v) is 8.60. The summed E-state index contributed by atoms with van der Waals surface area (Å²) in [6.45, 7) is 3.19. The fraction of sp³-hybridized carbons (Fsp3) is 0.500. The lowest BCUT2D eigenvalue weighted by Crippen LogP contribution is -2.39. The number of nitrogens with one attached hydrogen (secondary N) is 1. The maximum Gasteiger partial charge on any atom is 0.221 e. The number of fused-ring (bicyclic) bond motifs is 1. The lowest BCUT2D eigenvalue weighted by atomic mass is 9.86. The molecule has 0 spiro atoms. The SMILES string of the molecule is Cc1cccc(C(CC(=O)NC2CCC(N=C(N)N)CC2)c2cn(CC3CCCCC3)c3ccccc23)c1. The number of rotatable bonds is 8. The lowest BCUT2D eigenvalue weighted by Gasteiger charge is -2.28. The number of benzene rings is 2. The van der Waals surface area contributed by atoms with E-state index in [1.807, 2.05) is 0 Å². The highest BCUT2D eigenvalue weighted by molar-refractivity contribution is 5.86. The van der Waals surface area contributed by atoms with Crippen molar-refractivity contribution < 1.29 is 4.79 Å². The van der Waals surface area contributed by atoms with Gasteiger partial charge in [0, 0.05) is 42.0 Å². The van der Waals surface area contributed by atoms with E-state index in [2.05, 4.69) is 76.5 Å². The van der Waals surface area contributed by atoms with Gasteiger partial charge in [0.2, 0.25) is 5.91 Å². The number of guanidine groups is 1. The zero-order chi connectivity index (χ0) is 26.5. The van der Waals surface area contributed by atoms with Crippen molar-refractivity contribution in [2.24, 2.45) is 22.4 Å². The van der Waals surface area contributed by atoms with Crippen molar-refractivity contribution in [3.05, 3.63) is 71.4 Å². The molecule has 0 radical (unpaired) electrons. The van der Waals surface area contributed by atoms with E-state index in [1.165, 1.54) is 59.7 Å². The molecule has 2 fully saturated rings. The van der Waals surface area contributed by atoms with Crippen molar-refractivity contribution in [2.75, 3.05) is 0 Å². The minimum absolute atomic E-state index is 0.00498. The summed E-state index contributed by atoms with van der Waals surface area (Å²) >= 11 is 0. The quantitative estimate of drug-likeness (QED) is 0.264. The number of hydrogen-bond donors (Lipinski definition) is 3. The summed E-state index contributed by atoms with van der Waals surface area (Å²) in [4.78, 5) is 17.8. The molecule has 38 heavy (non-hydrogen) atoms. The van der Waals surface area contributed by atoms with E-state index in [0.717, 1.165) is 38.1 Å². The molecular weight excluding hydrogens is 470 g/mol. The van der Waals surface area contributed by atoms with Crippen LogP contribution in [0.2, 0.25) is 0 Å². The first-order valence-corrected chi connectivity index (χ1v) is 14.5. The Balaban J connectivity index is 1.39. The molecule has 2 saturated carbocycles. The van der Waals surface area contributed by atoms with Crippen molar-refractivity contribution in [3.8, 4) is 0 Å². The smallest absolute Gasteiger partial charge is 0.221 e. The van der Waals surface area contributed by atoms with Crippen molar-refractivity contribution in [3.63, 3.8) is 0 Å². The van der Waals surface area contributed by atoms with Gasteiger partial charge in [-0.3, -0.25) is 9.79 Å². The summed E-state index contributed by atoms with van der Waals surface area (Å²) in [6, 6.07) is 17.7. The van der Waals surface area contributed by atoms with Crippen LogP contribution in [-0.4, -0.2) is 28.5 Å². The average Bonchev–Trinajstić information content (AvgIpc) is 3.27. The molecule has 5 rings (SSSR count). The van der Waals surface area contributed by atoms with Crippen LogP contribution in [0.4, 0.5) is 0 Å². The molecule has 2 aliphatic carbocycles. The van der Waals surface area contributed by atoms with Gasteiger partial charge >= 0.3 is 0 Å². The number of aliphatic imine (C=N–C) groups is 1. The predicted molar refractivity (Wildman–Crippen MR) is 156 cm³/mol. The summed E-state index contributed by atoms with van der Waals surface area (Å²) in [7, 11) is 0. The summed E-state index contributed by atoms with van der Waals surface area (Å²) in [6.07, 6.45) is 13.1. The minimum Gasteiger partial charge on any atom is -0.370 e. The standard InChI is InChI=1S/C32H43N5O/c1-22-8-7-11-24(18-22)28(19-31(38)35-25-14-16-26(17-15-25)36-32(33)34)29-21-37(20-23-9-3-2-4-10-23)30-13-6-5-12-27(29)30/h5-8,11-13,18,21,23,25-26,28H,2-4,9-10,14-17,19-20H2,1H3,(H,35,38)(H4,33,34,36). The second-order valence-electron chi connectivity index (χ2n) is 11.6. The molecule has 6 nitrogen and oxygen atoms in total. The Morgan fingerprint density at radius 1 is 1.00 bits per heavy atom. The summed E-state index contributed by atoms with van der Waals surface area (Å²) in [5.74, 6) is 1.01. The molecule has 1 heterocycles. The molecule has 5 N–H and O–H groups in total. The third-order valence-electron chi connectivity index (χ3n) is 8.60. The van der Waals surface area contributed by atoms with Gasteiger partial charge in [0.15, 0.2) is 5.96 Å². The predicted octanol–water partition coefficient (Wildman–Crippen LogP) is 5.75. The number of carbonyl (C=O) groups excluding carboxylic acids is 1. The van der Waals surface area contributed by atoms with Crippen LogP contribution in [0.3, 0.4) is 0 Å². The Labute approximate surface area is 226 Å². The molecule has 2 aromatic carbocycles. The van der Waals surface area contributed by atoms with Crippen molar-refractivity contribution in [1.82, 2.24) is 9.88 Å². The van der Waals surface area contributed by atoms with E-state index >= 15 is 0 Å². The fourth-order valence-electron chi connectivity index (χ4n) is 6.68. The number of aryl methyl sites for hydroxylation is 1. The number of amides is 1. The van der Waals surface area contributed by atoms with Crippen LogP contribution in [0.25, 0.3) is 10.9 Å². The van der Waals surface area contributed by atoms with Crippen molar-refractivity contribution in [1.29, 1.82) is 0 Å². The molecule has 1 unspecified atom stereocenters. The van der Waals surface area contributed by atoms with Crippen LogP contribution in [0.5, 0.6) is 0 Å². The number of nitrogens with zero attached hydrogens (tertiary/aromatic N) is 2. The summed E-state index contributed by atoms with van der Waals surface area (Å²) in [5.41, 5.74) is 16.1. The number of aromatic nitrogens is 1. The Bertz CT molecular complexity index is 1260. The minimum atomic E-state index is 0.00498. The van der Waals surface area contributed by atoms with E-state index in [-0.39, 0.29) is 29.9 Å². The molecule has 202 valence electrons. The van der Waals surface area contributed by atoms with E-state index in [4.69, 9.17) is 11.5 Å². The molecule has 0 bridgehead atoms. The Morgan fingerprint density at radius 3 is 2.50 bits per heavy atom. The van der Waals surface area contributed by atoms with Crippen LogP contribution < -0.4 is 16.8 Å². The number of nitrogens with two attached hydrogens (primary N) is 2. The molecule has 1 aromatic heterocycles. The lowest BCUT2D eigenvalue weighted by molar-refractivity contribution is -0.122. The van der Waals surface area contributed by atoms with Gasteiger partial charge in [-0.05, 0) is 68.6 Å². The maximum absolute atomic E-state index is 13.5. The Hall–Kier alpha value is -3.28. The fourth-order valence-corrected chi connectivity index (χ4v) is 6.68. The molecule has 6 heteroatoms. The second-order valence-corrected chi connectivity index (χ2v) is 11.6.